The largest absolute Gasteiger partial charge is 0.487 e. The van der Waals surface area contributed by atoms with Gasteiger partial charge in [-0.1, -0.05) is 12.1 Å². The fourth-order valence-electron chi connectivity index (χ4n) is 1.72. The summed E-state index contributed by atoms with van der Waals surface area (Å²) in [6.07, 6.45) is 0.124. The van der Waals surface area contributed by atoms with Gasteiger partial charge in [-0.25, -0.2) is 4.79 Å². The van der Waals surface area contributed by atoms with Gasteiger partial charge in [-0.15, -0.1) is 0 Å². The maximum absolute atomic E-state index is 11.2. The number of rotatable bonds is 2. The van der Waals surface area contributed by atoms with Gasteiger partial charge in [0.05, 0.1) is 13.1 Å². The van der Waals surface area contributed by atoms with Gasteiger partial charge in [0.1, 0.15) is 11.9 Å². The van der Waals surface area contributed by atoms with E-state index in [1.807, 2.05) is 31.2 Å². The van der Waals surface area contributed by atoms with E-state index in [9.17, 15) is 4.79 Å². The third-order valence-electron chi connectivity index (χ3n) is 2.64. The zero-order valence-electron chi connectivity index (χ0n) is 9.56. The minimum atomic E-state index is -0.0379. The summed E-state index contributed by atoms with van der Waals surface area (Å²) in [6, 6.07) is 7.91. The number of nitrogens with one attached hydrogen (secondary N) is 1. The second-order valence-corrected chi connectivity index (χ2v) is 4.02. The molecule has 1 aromatic carbocycles. The number of likely N-dealkylation sites (tertiary alicyclic amines) is 1. The van der Waals surface area contributed by atoms with Crippen LogP contribution in [0.25, 0.3) is 0 Å². The summed E-state index contributed by atoms with van der Waals surface area (Å²) in [6.45, 7) is 3.35. The summed E-state index contributed by atoms with van der Waals surface area (Å²) in [5.41, 5.74) is 1.18. The van der Waals surface area contributed by atoms with Crippen LogP contribution in [-0.2, 0) is 0 Å². The van der Waals surface area contributed by atoms with Crippen LogP contribution in [0.2, 0.25) is 0 Å². The summed E-state index contributed by atoms with van der Waals surface area (Å²) >= 11 is 0. The molecule has 0 unspecified atom stereocenters. The van der Waals surface area contributed by atoms with E-state index in [4.69, 9.17) is 4.74 Å². The third kappa shape index (κ3) is 2.27. The highest BCUT2D eigenvalue weighted by molar-refractivity contribution is 5.74. The highest BCUT2D eigenvalue weighted by atomic mass is 16.5. The van der Waals surface area contributed by atoms with Gasteiger partial charge < -0.3 is 15.0 Å². The molecule has 0 spiro atoms. The van der Waals surface area contributed by atoms with Crippen molar-refractivity contribution in [2.24, 2.45) is 0 Å². The van der Waals surface area contributed by atoms with Gasteiger partial charge in [0.2, 0.25) is 0 Å². The minimum Gasteiger partial charge on any atom is -0.487 e. The number of ether oxygens (including phenoxy) is 1. The van der Waals surface area contributed by atoms with Gasteiger partial charge in [0, 0.05) is 7.05 Å². The first-order valence-electron chi connectivity index (χ1n) is 5.39. The van der Waals surface area contributed by atoms with Crippen molar-refractivity contribution in [2.75, 3.05) is 20.1 Å². The molecule has 1 aliphatic heterocycles. The van der Waals surface area contributed by atoms with Crippen molar-refractivity contribution in [1.29, 1.82) is 0 Å². The molecule has 86 valence electrons. The smallest absolute Gasteiger partial charge is 0.317 e. The lowest BCUT2D eigenvalue weighted by Gasteiger charge is -2.38. The number of carbonyl (C=O) groups is 1. The minimum absolute atomic E-state index is 0.0379. The summed E-state index contributed by atoms with van der Waals surface area (Å²) in [4.78, 5) is 12.9. The predicted octanol–water partition coefficient (Wildman–Crippen LogP) is 1.40. The fraction of sp³-hybridized carbons (Fsp3) is 0.417. The SMILES string of the molecule is CNC(=O)N1CC(Oc2cccc(C)c2)C1. The molecule has 1 saturated heterocycles. The lowest BCUT2D eigenvalue weighted by molar-refractivity contribution is 0.0451. The fourth-order valence-corrected chi connectivity index (χ4v) is 1.72. The number of hydrogen-bond donors (Lipinski definition) is 1. The van der Waals surface area contributed by atoms with Crippen LogP contribution in [0.15, 0.2) is 24.3 Å². The average Bonchev–Trinajstić information content (AvgIpc) is 2.22. The van der Waals surface area contributed by atoms with Gasteiger partial charge in [-0.2, -0.15) is 0 Å². The Bertz CT molecular complexity index is 386. The molecular weight excluding hydrogens is 204 g/mol. The second-order valence-electron chi connectivity index (χ2n) is 4.02. The highest BCUT2D eigenvalue weighted by Crippen LogP contribution is 2.18. The quantitative estimate of drug-likeness (QED) is 0.818. The Kier molecular flexibility index (Phi) is 2.99. The van der Waals surface area contributed by atoms with Crippen molar-refractivity contribution >= 4 is 6.03 Å². The normalized spacial score (nSPS) is 15.5. The van der Waals surface area contributed by atoms with Crippen LogP contribution in [-0.4, -0.2) is 37.2 Å². The molecule has 1 N–H and O–H groups in total. The molecular formula is C12H16N2O2. The standard InChI is InChI=1S/C12H16N2O2/c1-9-4-3-5-10(6-9)16-11-7-14(8-11)12(15)13-2/h3-6,11H,7-8H2,1-2H3,(H,13,15). The van der Waals surface area contributed by atoms with Crippen molar-refractivity contribution in [1.82, 2.24) is 10.2 Å². The Labute approximate surface area is 95.2 Å². The number of aryl methyl sites for hydroxylation is 1. The first-order valence-corrected chi connectivity index (χ1v) is 5.39. The molecule has 2 rings (SSSR count). The van der Waals surface area contributed by atoms with Gasteiger partial charge in [0.25, 0.3) is 0 Å². The van der Waals surface area contributed by atoms with Crippen LogP contribution < -0.4 is 10.1 Å². The first-order chi connectivity index (χ1) is 7.69. The van der Waals surface area contributed by atoms with Crippen molar-refractivity contribution in [3.8, 4) is 5.75 Å². The molecule has 1 aliphatic rings. The molecule has 0 aliphatic carbocycles. The summed E-state index contributed by atoms with van der Waals surface area (Å²) < 4.78 is 5.73. The Morgan fingerprint density at radius 1 is 1.50 bits per heavy atom. The van der Waals surface area contributed by atoms with E-state index in [0.29, 0.717) is 13.1 Å². The van der Waals surface area contributed by atoms with Crippen LogP contribution in [0.1, 0.15) is 5.56 Å². The molecule has 0 bridgehead atoms. The van der Waals surface area contributed by atoms with Gasteiger partial charge >= 0.3 is 6.03 Å². The van der Waals surface area contributed by atoms with E-state index in [1.54, 1.807) is 11.9 Å². The molecule has 1 fully saturated rings. The molecule has 1 aromatic rings. The second kappa shape index (κ2) is 4.43. The Morgan fingerprint density at radius 3 is 2.88 bits per heavy atom. The van der Waals surface area contributed by atoms with E-state index in [2.05, 4.69) is 5.32 Å². The molecule has 4 nitrogen and oxygen atoms in total. The molecule has 4 heteroatoms. The maximum atomic E-state index is 11.2. The number of amides is 2. The van der Waals surface area contributed by atoms with Gasteiger partial charge in [-0.05, 0) is 24.6 Å². The Morgan fingerprint density at radius 2 is 2.25 bits per heavy atom. The van der Waals surface area contributed by atoms with E-state index in [0.717, 1.165) is 5.75 Å². The molecule has 16 heavy (non-hydrogen) atoms. The van der Waals surface area contributed by atoms with Crippen molar-refractivity contribution < 1.29 is 9.53 Å². The van der Waals surface area contributed by atoms with Crippen LogP contribution in [0.3, 0.4) is 0 Å². The average molecular weight is 220 g/mol. The van der Waals surface area contributed by atoms with Crippen LogP contribution >= 0.6 is 0 Å². The van der Waals surface area contributed by atoms with Crippen molar-refractivity contribution in [3.63, 3.8) is 0 Å². The molecule has 0 saturated carbocycles. The molecule has 0 aromatic heterocycles. The molecule has 0 radical (unpaired) electrons. The topological polar surface area (TPSA) is 41.6 Å². The molecule has 1 heterocycles. The van der Waals surface area contributed by atoms with Gasteiger partial charge in [0.15, 0.2) is 0 Å². The summed E-state index contributed by atoms with van der Waals surface area (Å²) in [5.74, 6) is 0.876. The van der Waals surface area contributed by atoms with Crippen LogP contribution in [0.4, 0.5) is 4.79 Å². The van der Waals surface area contributed by atoms with Crippen LogP contribution in [0, 0.1) is 6.92 Å². The highest BCUT2D eigenvalue weighted by Gasteiger charge is 2.31. The van der Waals surface area contributed by atoms with E-state index < -0.39 is 0 Å². The van der Waals surface area contributed by atoms with Crippen molar-refractivity contribution in [2.45, 2.75) is 13.0 Å². The number of benzene rings is 1. The van der Waals surface area contributed by atoms with E-state index in [1.165, 1.54) is 5.56 Å². The van der Waals surface area contributed by atoms with Crippen molar-refractivity contribution in [3.05, 3.63) is 29.8 Å². The van der Waals surface area contributed by atoms with E-state index >= 15 is 0 Å². The number of carbonyl (C=O) groups excluding carboxylic acids is 1. The van der Waals surface area contributed by atoms with Gasteiger partial charge in [-0.3, -0.25) is 0 Å². The monoisotopic (exact) mass is 220 g/mol. The zero-order chi connectivity index (χ0) is 11.5. The summed E-state index contributed by atoms with van der Waals surface area (Å²) in [5, 5.41) is 2.59. The van der Waals surface area contributed by atoms with E-state index in [-0.39, 0.29) is 12.1 Å². The Hall–Kier alpha value is -1.71. The lowest BCUT2D eigenvalue weighted by atomic mass is 10.2. The predicted molar refractivity (Wildman–Crippen MR) is 61.6 cm³/mol. The lowest BCUT2D eigenvalue weighted by Crippen LogP contribution is -2.58. The number of hydrogen-bond acceptors (Lipinski definition) is 2. The third-order valence-corrected chi connectivity index (χ3v) is 2.64. The molecule has 0 atom stereocenters. The zero-order valence-corrected chi connectivity index (χ0v) is 9.56. The first kappa shape index (κ1) is 10.8. The number of urea groups is 1. The maximum Gasteiger partial charge on any atom is 0.317 e. The summed E-state index contributed by atoms with van der Waals surface area (Å²) in [7, 11) is 1.64. The molecule has 2 amide bonds. The Balaban J connectivity index is 1.84. The van der Waals surface area contributed by atoms with Crippen LogP contribution in [0.5, 0.6) is 5.75 Å². The number of nitrogens with zero attached hydrogens (tertiary/aromatic N) is 1.